The van der Waals surface area contributed by atoms with Crippen LogP contribution < -0.4 is 16.2 Å². The number of nitrogens with zero attached hydrogens (tertiary/aromatic N) is 3. The lowest BCUT2D eigenvalue weighted by Crippen LogP contribution is -2.42. The van der Waals surface area contributed by atoms with E-state index in [-0.39, 0.29) is 35.6 Å². The molecule has 9 heteroatoms. The number of ketones is 1. The lowest BCUT2D eigenvalue weighted by molar-refractivity contribution is -0.0136. The zero-order chi connectivity index (χ0) is 19.8. The second-order valence-corrected chi connectivity index (χ2v) is 7.49. The maximum absolute atomic E-state index is 13.2. The lowest BCUT2D eigenvalue weighted by Gasteiger charge is -2.28. The molecule has 0 spiro atoms. The number of aliphatic hydroxyl groups is 1. The number of ether oxygens (including phenoxy) is 1. The Hall–Kier alpha value is -2.36. The van der Waals surface area contributed by atoms with Gasteiger partial charge in [-0.15, -0.1) is 0 Å². The largest absolute Gasteiger partial charge is 0.389 e. The highest BCUT2D eigenvalue weighted by Crippen LogP contribution is 2.24. The van der Waals surface area contributed by atoms with E-state index in [4.69, 9.17) is 4.74 Å². The van der Waals surface area contributed by atoms with Crippen molar-refractivity contribution in [2.45, 2.75) is 44.9 Å². The summed E-state index contributed by atoms with van der Waals surface area (Å²) in [5.41, 5.74) is 1.01. The number of aliphatic hydroxyl groups excluding tert-OH is 1. The molecule has 2 saturated heterocycles. The molecule has 2 aromatic heterocycles. The Labute approximate surface area is 162 Å². The van der Waals surface area contributed by atoms with Gasteiger partial charge in [0.15, 0.2) is 5.78 Å². The molecule has 0 aliphatic carbocycles. The molecule has 4 heterocycles. The van der Waals surface area contributed by atoms with Gasteiger partial charge in [-0.25, -0.2) is 4.98 Å². The number of carbonyl (C=O) groups excluding carboxylic acids is 1. The summed E-state index contributed by atoms with van der Waals surface area (Å²) in [7, 11) is 0. The first-order chi connectivity index (χ1) is 13.5. The zero-order valence-electron chi connectivity index (χ0n) is 16.1. The molecule has 28 heavy (non-hydrogen) atoms. The van der Waals surface area contributed by atoms with Crippen LogP contribution >= 0.6 is 0 Å². The van der Waals surface area contributed by atoms with Crippen LogP contribution in [-0.2, 0) is 4.74 Å². The number of carbonyl (C=O) groups is 1. The summed E-state index contributed by atoms with van der Waals surface area (Å²) in [6.45, 7) is 5.46. The van der Waals surface area contributed by atoms with Crippen LogP contribution in [0, 0.1) is 6.92 Å². The number of hydrogen-bond acceptors (Lipinski definition) is 8. The van der Waals surface area contributed by atoms with E-state index in [0.717, 1.165) is 13.0 Å². The highest BCUT2D eigenvalue weighted by Gasteiger charge is 2.27. The number of aryl methyl sites for hydroxylation is 1. The third kappa shape index (κ3) is 3.30. The van der Waals surface area contributed by atoms with Gasteiger partial charge in [0.25, 0.3) is 5.56 Å². The van der Waals surface area contributed by atoms with Crippen molar-refractivity contribution in [3.63, 3.8) is 0 Å². The molecule has 4 rings (SSSR count). The summed E-state index contributed by atoms with van der Waals surface area (Å²) in [6, 6.07) is -0.276. The highest BCUT2D eigenvalue weighted by atomic mass is 16.5. The minimum atomic E-state index is -0.643. The summed E-state index contributed by atoms with van der Waals surface area (Å²) in [5.74, 6) is 0.101. The van der Waals surface area contributed by atoms with Crippen LogP contribution in [0.5, 0.6) is 0 Å². The minimum absolute atomic E-state index is 0.0647. The third-order valence-electron chi connectivity index (χ3n) is 5.60. The summed E-state index contributed by atoms with van der Waals surface area (Å²) in [6.07, 6.45) is 2.44. The maximum atomic E-state index is 13.2. The average Bonchev–Trinajstić information content (AvgIpc) is 3.17. The standard InChI is InChI=1S/C19H25N5O4/c1-10-13-8-21-19(22-14-4-6-28-9-15(14)26)23-17(13)24(12-3-5-20-7-12)18(27)16(10)11(2)25/h8,12,14-15,20,26H,3-7,9H2,1-2H3,(H,21,22,23)/t12-,14+,15+/m0/s1. The van der Waals surface area contributed by atoms with Crippen LogP contribution in [0.1, 0.15) is 41.7 Å². The van der Waals surface area contributed by atoms with Gasteiger partial charge in [0.05, 0.1) is 30.4 Å². The van der Waals surface area contributed by atoms with E-state index in [2.05, 4.69) is 20.6 Å². The van der Waals surface area contributed by atoms with Crippen LogP contribution in [0.3, 0.4) is 0 Å². The molecule has 0 aromatic carbocycles. The number of rotatable bonds is 4. The van der Waals surface area contributed by atoms with Gasteiger partial charge >= 0.3 is 0 Å². The number of hydrogen-bond donors (Lipinski definition) is 3. The molecule has 2 fully saturated rings. The first-order valence-electron chi connectivity index (χ1n) is 9.63. The Morgan fingerprint density at radius 1 is 1.43 bits per heavy atom. The Kier molecular flexibility index (Phi) is 5.13. The van der Waals surface area contributed by atoms with Crippen molar-refractivity contribution in [2.24, 2.45) is 0 Å². The molecular formula is C19H25N5O4. The van der Waals surface area contributed by atoms with Gasteiger partial charge in [-0.3, -0.25) is 14.2 Å². The summed E-state index contributed by atoms with van der Waals surface area (Å²) < 4.78 is 6.89. The van der Waals surface area contributed by atoms with Gasteiger partial charge in [-0.1, -0.05) is 0 Å². The summed E-state index contributed by atoms with van der Waals surface area (Å²) in [4.78, 5) is 34.3. The Morgan fingerprint density at radius 3 is 2.93 bits per heavy atom. The van der Waals surface area contributed by atoms with Crippen LogP contribution in [0.4, 0.5) is 5.95 Å². The summed E-state index contributed by atoms with van der Waals surface area (Å²) >= 11 is 0. The highest BCUT2D eigenvalue weighted by molar-refractivity contribution is 5.99. The van der Waals surface area contributed by atoms with Gasteiger partial charge in [-0.05, 0) is 38.8 Å². The second-order valence-electron chi connectivity index (χ2n) is 7.49. The van der Waals surface area contributed by atoms with Crippen molar-refractivity contribution in [2.75, 3.05) is 31.6 Å². The van der Waals surface area contributed by atoms with Crippen molar-refractivity contribution in [3.8, 4) is 0 Å². The van der Waals surface area contributed by atoms with E-state index >= 15 is 0 Å². The van der Waals surface area contributed by atoms with E-state index in [0.29, 0.717) is 42.1 Å². The molecule has 9 nitrogen and oxygen atoms in total. The molecule has 0 bridgehead atoms. The Bertz CT molecular complexity index is 967. The van der Waals surface area contributed by atoms with Crippen LogP contribution in [-0.4, -0.2) is 63.9 Å². The van der Waals surface area contributed by atoms with Gasteiger partial charge in [0.1, 0.15) is 5.65 Å². The zero-order valence-corrected chi connectivity index (χ0v) is 16.1. The molecule has 0 amide bonds. The van der Waals surface area contributed by atoms with Crippen molar-refractivity contribution in [3.05, 3.63) is 27.7 Å². The molecule has 2 aliphatic rings. The third-order valence-corrected chi connectivity index (χ3v) is 5.60. The molecule has 2 aliphatic heterocycles. The normalized spacial score (nSPS) is 25.2. The van der Waals surface area contributed by atoms with Crippen molar-refractivity contribution in [1.29, 1.82) is 0 Å². The molecule has 3 atom stereocenters. The van der Waals surface area contributed by atoms with Crippen LogP contribution in [0.25, 0.3) is 11.0 Å². The topological polar surface area (TPSA) is 118 Å². The number of anilines is 1. The number of nitrogens with one attached hydrogen (secondary N) is 2. The molecule has 150 valence electrons. The smallest absolute Gasteiger partial charge is 0.263 e. The minimum Gasteiger partial charge on any atom is -0.389 e. The predicted octanol–water partition coefficient (Wildman–Crippen LogP) is 0.399. The van der Waals surface area contributed by atoms with Crippen LogP contribution in [0.2, 0.25) is 0 Å². The van der Waals surface area contributed by atoms with Crippen molar-refractivity contribution >= 4 is 22.8 Å². The number of fused-ring (bicyclic) bond motifs is 1. The molecule has 0 radical (unpaired) electrons. The molecular weight excluding hydrogens is 362 g/mol. The van der Waals surface area contributed by atoms with Crippen LogP contribution in [0.15, 0.2) is 11.0 Å². The molecule has 0 unspecified atom stereocenters. The molecule has 3 N–H and O–H groups in total. The van der Waals surface area contributed by atoms with E-state index in [1.165, 1.54) is 6.92 Å². The van der Waals surface area contributed by atoms with Gasteiger partial charge in [0, 0.05) is 24.7 Å². The maximum Gasteiger partial charge on any atom is 0.263 e. The van der Waals surface area contributed by atoms with Gasteiger partial charge in [0.2, 0.25) is 5.95 Å². The fourth-order valence-electron chi connectivity index (χ4n) is 4.07. The SMILES string of the molecule is CC(=O)c1c(C)c2cnc(N[C@@H]3CCOC[C@H]3O)nc2n([C@H]2CCNC2)c1=O. The first-order valence-corrected chi connectivity index (χ1v) is 9.63. The molecule has 2 aromatic rings. The quantitative estimate of drug-likeness (QED) is 0.645. The Balaban J connectivity index is 1.84. The van der Waals surface area contributed by atoms with E-state index in [9.17, 15) is 14.7 Å². The second kappa shape index (κ2) is 7.57. The van der Waals surface area contributed by atoms with E-state index in [1.54, 1.807) is 17.7 Å². The predicted molar refractivity (Wildman–Crippen MR) is 104 cm³/mol. The molecule has 0 saturated carbocycles. The van der Waals surface area contributed by atoms with Crippen molar-refractivity contribution < 1.29 is 14.6 Å². The number of pyridine rings is 1. The number of Topliss-reactive ketones (excluding diaryl/α,β-unsaturated/α-hetero) is 1. The van der Waals surface area contributed by atoms with E-state index in [1.807, 2.05) is 0 Å². The fourth-order valence-corrected chi connectivity index (χ4v) is 4.07. The average molecular weight is 387 g/mol. The number of aromatic nitrogens is 3. The lowest BCUT2D eigenvalue weighted by atomic mass is 10.0. The monoisotopic (exact) mass is 387 g/mol. The fraction of sp³-hybridized carbons (Fsp3) is 0.579. The first kappa shape index (κ1) is 19.0. The van der Waals surface area contributed by atoms with Gasteiger partial charge < -0.3 is 20.5 Å². The van der Waals surface area contributed by atoms with E-state index < -0.39 is 6.10 Å². The van der Waals surface area contributed by atoms with Gasteiger partial charge in [-0.2, -0.15) is 4.98 Å². The summed E-state index contributed by atoms with van der Waals surface area (Å²) in [5, 5.41) is 17.2. The van der Waals surface area contributed by atoms with Crippen molar-refractivity contribution in [1.82, 2.24) is 19.9 Å². The Morgan fingerprint density at radius 2 is 2.25 bits per heavy atom.